The van der Waals surface area contributed by atoms with Crippen LogP contribution >= 0.6 is 0 Å². The molecule has 0 saturated carbocycles. The van der Waals surface area contributed by atoms with Crippen molar-refractivity contribution in [2.45, 2.75) is 12.5 Å². The van der Waals surface area contributed by atoms with Gasteiger partial charge in [0.25, 0.3) is 0 Å². The van der Waals surface area contributed by atoms with Crippen molar-refractivity contribution in [2.24, 2.45) is 0 Å². The van der Waals surface area contributed by atoms with Crippen LogP contribution in [-0.2, 0) is 4.79 Å². The van der Waals surface area contributed by atoms with Crippen molar-refractivity contribution in [3.8, 4) is 11.6 Å². The van der Waals surface area contributed by atoms with Crippen LogP contribution in [0.5, 0.6) is 11.6 Å². The topological polar surface area (TPSA) is 88.1 Å². The fourth-order valence-corrected chi connectivity index (χ4v) is 3.56. The maximum absolute atomic E-state index is 12.7. The molecule has 9 nitrogen and oxygen atoms in total. The summed E-state index contributed by atoms with van der Waals surface area (Å²) in [4.78, 5) is 38.3. The molecule has 2 aliphatic rings. The molecule has 1 aromatic heterocycles. The molecule has 0 radical (unpaired) electrons. The number of benzene rings is 1. The van der Waals surface area contributed by atoms with Gasteiger partial charge in [-0.1, -0.05) is 0 Å². The summed E-state index contributed by atoms with van der Waals surface area (Å²) in [6, 6.07) is 8.87. The summed E-state index contributed by atoms with van der Waals surface area (Å²) >= 11 is 0. The summed E-state index contributed by atoms with van der Waals surface area (Å²) in [5.74, 6) is 1.17. The molecule has 1 atom stereocenters. The van der Waals surface area contributed by atoms with E-state index in [2.05, 4.69) is 9.97 Å². The first-order valence-corrected chi connectivity index (χ1v) is 9.55. The number of nitrogens with zero attached hydrogens (tertiary/aromatic N) is 5. The first-order chi connectivity index (χ1) is 14.1. The molecule has 3 amide bonds. The normalized spacial score (nSPS) is 19.0. The molecule has 2 saturated heterocycles. The van der Waals surface area contributed by atoms with E-state index in [9.17, 15) is 9.59 Å². The SMILES string of the molecule is COc1ccc(N2CCN(CC(=O)N3CCC(Oc4ccncn4)C3)C2=O)cc1. The molecule has 3 heterocycles. The second-order valence-electron chi connectivity index (χ2n) is 6.97. The van der Waals surface area contributed by atoms with Gasteiger partial charge in [-0.15, -0.1) is 0 Å². The first kappa shape index (κ1) is 19.0. The van der Waals surface area contributed by atoms with E-state index in [0.717, 1.165) is 17.9 Å². The van der Waals surface area contributed by atoms with Crippen molar-refractivity contribution in [3.05, 3.63) is 42.9 Å². The van der Waals surface area contributed by atoms with Crippen LogP contribution in [0.3, 0.4) is 0 Å². The molecule has 29 heavy (non-hydrogen) atoms. The fraction of sp³-hybridized carbons (Fsp3) is 0.400. The van der Waals surface area contributed by atoms with Crippen LogP contribution in [0, 0.1) is 0 Å². The highest BCUT2D eigenvalue weighted by atomic mass is 16.5. The van der Waals surface area contributed by atoms with E-state index in [0.29, 0.717) is 32.1 Å². The Morgan fingerprint density at radius 1 is 1.17 bits per heavy atom. The van der Waals surface area contributed by atoms with Gasteiger partial charge in [-0.05, 0) is 24.3 Å². The summed E-state index contributed by atoms with van der Waals surface area (Å²) in [7, 11) is 1.60. The van der Waals surface area contributed by atoms with E-state index >= 15 is 0 Å². The van der Waals surface area contributed by atoms with Crippen LogP contribution < -0.4 is 14.4 Å². The van der Waals surface area contributed by atoms with Gasteiger partial charge in [-0.25, -0.2) is 14.8 Å². The maximum atomic E-state index is 12.7. The van der Waals surface area contributed by atoms with E-state index in [1.165, 1.54) is 6.33 Å². The minimum atomic E-state index is -0.156. The summed E-state index contributed by atoms with van der Waals surface area (Å²) < 4.78 is 11.0. The lowest BCUT2D eigenvalue weighted by Crippen LogP contribution is -2.42. The lowest BCUT2D eigenvalue weighted by atomic mass is 10.3. The monoisotopic (exact) mass is 397 g/mol. The molecule has 0 bridgehead atoms. The third-order valence-corrected chi connectivity index (χ3v) is 5.15. The Morgan fingerprint density at radius 2 is 2.00 bits per heavy atom. The van der Waals surface area contributed by atoms with Crippen molar-refractivity contribution in [1.29, 1.82) is 0 Å². The van der Waals surface area contributed by atoms with Gasteiger partial charge in [0.1, 0.15) is 24.7 Å². The highest BCUT2D eigenvalue weighted by Crippen LogP contribution is 2.23. The van der Waals surface area contributed by atoms with Gasteiger partial charge in [0.05, 0.1) is 13.7 Å². The minimum absolute atomic E-state index is 0.0660. The van der Waals surface area contributed by atoms with Gasteiger partial charge in [0.15, 0.2) is 0 Å². The number of likely N-dealkylation sites (tertiary alicyclic amines) is 1. The summed E-state index contributed by atoms with van der Waals surface area (Å²) in [6.07, 6.45) is 3.69. The molecule has 2 aliphatic heterocycles. The van der Waals surface area contributed by atoms with Gasteiger partial charge in [-0.3, -0.25) is 9.69 Å². The van der Waals surface area contributed by atoms with Crippen LogP contribution in [0.25, 0.3) is 0 Å². The Balaban J connectivity index is 1.30. The number of hydrogen-bond acceptors (Lipinski definition) is 6. The zero-order valence-electron chi connectivity index (χ0n) is 16.2. The molecule has 0 N–H and O–H groups in total. The molecule has 1 aromatic carbocycles. The smallest absolute Gasteiger partial charge is 0.325 e. The van der Waals surface area contributed by atoms with Gasteiger partial charge >= 0.3 is 6.03 Å². The number of hydrogen-bond donors (Lipinski definition) is 0. The lowest BCUT2D eigenvalue weighted by molar-refractivity contribution is -0.130. The predicted octanol–water partition coefficient (Wildman–Crippen LogP) is 1.41. The fourth-order valence-electron chi connectivity index (χ4n) is 3.56. The molecule has 2 fully saturated rings. The number of rotatable bonds is 6. The largest absolute Gasteiger partial charge is 0.497 e. The molecule has 9 heteroatoms. The third kappa shape index (κ3) is 4.23. The molecule has 1 unspecified atom stereocenters. The number of amides is 3. The Bertz CT molecular complexity index is 861. The van der Waals surface area contributed by atoms with Crippen LogP contribution in [0.4, 0.5) is 10.5 Å². The van der Waals surface area contributed by atoms with E-state index in [4.69, 9.17) is 9.47 Å². The van der Waals surface area contributed by atoms with Crippen molar-refractivity contribution in [1.82, 2.24) is 19.8 Å². The molecule has 152 valence electrons. The second-order valence-corrected chi connectivity index (χ2v) is 6.97. The third-order valence-electron chi connectivity index (χ3n) is 5.15. The molecular formula is C20H23N5O4. The standard InChI is InChI=1S/C20H23N5O4/c1-28-16-4-2-15(3-5-16)25-11-10-24(20(25)27)13-19(26)23-9-7-17(12-23)29-18-6-8-21-14-22-18/h2-6,8,14,17H,7,9-13H2,1H3. The lowest BCUT2D eigenvalue weighted by Gasteiger charge is -2.22. The van der Waals surface area contributed by atoms with Gasteiger partial charge in [-0.2, -0.15) is 0 Å². The van der Waals surface area contributed by atoms with Gasteiger partial charge < -0.3 is 19.3 Å². The van der Waals surface area contributed by atoms with Crippen molar-refractivity contribution < 1.29 is 19.1 Å². The van der Waals surface area contributed by atoms with Crippen molar-refractivity contribution in [3.63, 3.8) is 0 Å². The maximum Gasteiger partial charge on any atom is 0.325 e. The number of carbonyl (C=O) groups excluding carboxylic acids is 2. The Labute approximate surface area is 168 Å². The van der Waals surface area contributed by atoms with Crippen LogP contribution in [0.1, 0.15) is 6.42 Å². The van der Waals surface area contributed by atoms with E-state index in [1.54, 1.807) is 34.1 Å². The highest BCUT2D eigenvalue weighted by Gasteiger charge is 2.34. The van der Waals surface area contributed by atoms with E-state index in [1.807, 2.05) is 24.3 Å². The van der Waals surface area contributed by atoms with Crippen molar-refractivity contribution in [2.75, 3.05) is 44.7 Å². The van der Waals surface area contributed by atoms with Crippen LogP contribution in [-0.4, -0.2) is 77.6 Å². The van der Waals surface area contributed by atoms with Crippen LogP contribution in [0.15, 0.2) is 42.9 Å². The summed E-state index contributed by atoms with van der Waals surface area (Å²) in [5.41, 5.74) is 0.797. The highest BCUT2D eigenvalue weighted by molar-refractivity contribution is 5.96. The van der Waals surface area contributed by atoms with E-state index in [-0.39, 0.29) is 24.6 Å². The zero-order valence-corrected chi connectivity index (χ0v) is 16.2. The van der Waals surface area contributed by atoms with Gasteiger partial charge in [0, 0.05) is 44.0 Å². The number of aromatic nitrogens is 2. The number of urea groups is 1. The Kier molecular flexibility index (Phi) is 5.46. The minimum Gasteiger partial charge on any atom is -0.497 e. The summed E-state index contributed by atoms with van der Waals surface area (Å²) in [6.45, 7) is 2.25. The number of carbonyl (C=O) groups is 2. The Morgan fingerprint density at radius 3 is 2.72 bits per heavy atom. The van der Waals surface area contributed by atoms with Crippen LogP contribution in [0.2, 0.25) is 0 Å². The van der Waals surface area contributed by atoms with E-state index < -0.39 is 0 Å². The molecular weight excluding hydrogens is 374 g/mol. The van der Waals surface area contributed by atoms with Gasteiger partial charge in [0.2, 0.25) is 11.8 Å². The van der Waals surface area contributed by atoms with Crippen molar-refractivity contribution >= 4 is 17.6 Å². The molecule has 2 aromatic rings. The zero-order chi connectivity index (χ0) is 20.2. The molecule has 0 spiro atoms. The predicted molar refractivity (Wildman–Crippen MR) is 105 cm³/mol. The first-order valence-electron chi connectivity index (χ1n) is 9.55. The number of methoxy groups -OCH3 is 1. The second kappa shape index (κ2) is 8.34. The molecule has 0 aliphatic carbocycles. The molecule has 4 rings (SSSR count). The average Bonchev–Trinajstić information content (AvgIpc) is 3.36. The quantitative estimate of drug-likeness (QED) is 0.732. The number of anilines is 1. The Hall–Kier alpha value is -3.36. The number of ether oxygens (including phenoxy) is 2. The average molecular weight is 397 g/mol. The summed E-state index contributed by atoms with van der Waals surface area (Å²) in [5, 5.41) is 0.